The van der Waals surface area contributed by atoms with E-state index in [9.17, 15) is 4.79 Å². The molecule has 1 aromatic rings. The maximum absolute atomic E-state index is 11.8. The van der Waals surface area contributed by atoms with Crippen LogP contribution < -0.4 is 0 Å². The highest BCUT2D eigenvalue weighted by molar-refractivity contribution is 5.91. The first kappa shape index (κ1) is 9.21. The van der Waals surface area contributed by atoms with Crippen molar-refractivity contribution in [1.29, 1.82) is 0 Å². The zero-order valence-corrected chi connectivity index (χ0v) is 7.72. The van der Waals surface area contributed by atoms with E-state index >= 15 is 0 Å². The molecule has 0 unspecified atom stereocenters. The van der Waals surface area contributed by atoms with Gasteiger partial charge in [0, 0.05) is 12.6 Å². The Morgan fingerprint density at radius 1 is 1.79 bits per heavy atom. The lowest BCUT2D eigenvalue weighted by atomic mass is 10.2. The van der Waals surface area contributed by atoms with Crippen LogP contribution in [-0.4, -0.2) is 40.3 Å². The predicted octanol–water partition coefficient (Wildman–Crippen LogP) is 0.272. The third-order valence-electron chi connectivity index (χ3n) is 2.50. The van der Waals surface area contributed by atoms with Gasteiger partial charge in [0.15, 0.2) is 0 Å². The molecule has 0 spiro atoms. The summed E-state index contributed by atoms with van der Waals surface area (Å²) in [4.78, 5) is 13.4. The normalized spacial score (nSPS) is 21.5. The summed E-state index contributed by atoms with van der Waals surface area (Å²) < 4.78 is 4.78. The number of rotatable bonds is 2. The van der Waals surface area contributed by atoms with Crippen LogP contribution >= 0.6 is 0 Å². The minimum atomic E-state index is -0.181. The summed E-state index contributed by atoms with van der Waals surface area (Å²) in [5.74, 6) is 0.0596. The Morgan fingerprint density at radius 3 is 3.29 bits per heavy atom. The fraction of sp³-hybridized carbons (Fsp3) is 0.556. The molecule has 76 valence electrons. The molecule has 0 aliphatic carbocycles. The molecule has 1 N–H and O–H groups in total. The quantitative estimate of drug-likeness (QED) is 0.737. The van der Waals surface area contributed by atoms with E-state index in [0.29, 0.717) is 6.54 Å². The summed E-state index contributed by atoms with van der Waals surface area (Å²) in [6, 6.07) is 1.47. The summed E-state index contributed by atoms with van der Waals surface area (Å²) in [5, 5.41) is 12.5. The molecule has 1 fully saturated rings. The second-order valence-electron chi connectivity index (χ2n) is 3.35. The topological polar surface area (TPSA) is 66.6 Å². The first-order valence-electron chi connectivity index (χ1n) is 4.65. The van der Waals surface area contributed by atoms with Crippen LogP contribution in [0.1, 0.15) is 23.4 Å². The second-order valence-corrected chi connectivity index (χ2v) is 3.35. The highest BCUT2D eigenvalue weighted by Crippen LogP contribution is 2.19. The van der Waals surface area contributed by atoms with Crippen LogP contribution in [0.4, 0.5) is 0 Å². The molecule has 2 heterocycles. The van der Waals surface area contributed by atoms with Gasteiger partial charge in [-0.05, 0) is 12.8 Å². The lowest BCUT2D eigenvalue weighted by Crippen LogP contribution is -2.37. The number of aliphatic hydroxyl groups excluding tert-OH is 1. The standard InChI is InChI=1S/C9H12N2O3/c12-6-7-2-1-5-11(7)9(13)8-3-4-10-14-8/h3-4,7,12H,1-2,5-6H2/t7-/m0/s1. The monoisotopic (exact) mass is 196 g/mol. The van der Waals surface area contributed by atoms with Crippen molar-refractivity contribution >= 4 is 5.91 Å². The van der Waals surface area contributed by atoms with E-state index in [1.54, 1.807) is 4.90 Å². The Kier molecular flexibility index (Phi) is 2.49. The van der Waals surface area contributed by atoms with Crippen molar-refractivity contribution in [3.8, 4) is 0 Å². The minimum Gasteiger partial charge on any atom is -0.394 e. The first-order valence-corrected chi connectivity index (χ1v) is 4.65. The van der Waals surface area contributed by atoms with E-state index in [0.717, 1.165) is 12.8 Å². The molecular weight excluding hydrogens is 184 g/mol. The van der Waals surface area contributed by atoms with Crippen molar-refractivity contribution in [2.75, 3.05) is 13.2 Å². The van der Waals surface area contributed by atoms with Crippen LogP contribution in [0, 0.1) is 0 Å². The van der Waals surface area contributed by atoms with E-state index in [-0.39, 0.29) is 24.3 Å². The molecule has 5 nitrogen and oxygen atoms in total. The molecular formula is C9H12N2O3. The third-order valence-corrected chi connectivity index (χ3v) is 2.50. The zero-order valence-electron chi connectivity index (χ0n) is 7.72. The lowest BCUT2D eigenvalue weighted by Gasteiger charge is -2.21. The van der Waals surface area contributed by atoms with Gasteiger partial charge in [-0.2, -0.15) is 0 Å². The summed E-state index contributed by atoms with van der Waals surface area (Å²) >= 11 is 0. The molecule has 0 radical (unpaired) electrons. The average molecular weight is 196 g/mol. The summed E-state index contributed by atoms with van der Waals surface area (Å²) in [6.07, 6.45) is 3.23. The van der Waals surface area contributed by atoms with Crippen LogP contribution in [0.2, 0.25) is 0 Å². The molecule has 2 rings (SSSR count). The average Bonchev–Trinajstić information content (AvgIpc) is 2.87. The summed E-state index contributed by atoms with van der Waals surface area (Å²) in [5.41, 5.74) is 0. The maximum atomic E-state index is 11.8. The van der Waals surface area contributed by atoms with Crippen LogP contribution in [0.5, 0.6) is 0 Å². The number of nitrogens with zero attached hydrogens (tertiary/aromatic N) is 2. The van der Waals surface area contributed by atoms with Crippen LogP contribution in [-0.2, 0) is 0 Å². The van der Waals surface area contributed by atoms with Gasteiger partial charge in [-0.15, -0.1) is 0 Å². The van der Waals surface area contributed by atoms with Crippen LogP contribution in [0.3, 0.4) is 0 Å². The van der Waals surface area contributed by atoms with E-state index in [1.807, 2.05) is 0 Å². The molecule has 1 aromatic heterocycles. The van der Waals surface area contributed by atoms with Gasteiger partial charge in [-0.25, -0.2) is 0 Å². The molecule has 0 bridgehead atoms. The summed E-state index contributed by atoms with van der Waals surface area (Å²) in [7, 11) is 0. The van der Waals surface area contributed by atoms with E-state index in [4.69, 9.17) is 9.63 Å². The van der Waals surface area contributed by atoms with Gasteiger partial charge < -0.3 is 14.5 Å². The molecule has 1 aliphatic heterocycles. The number of carbonyl (C=O) groups excluding carboxylic acids is 1. The van der Waals surface area contributed by atoms with Gasteiger partial charge in [-0.1, -0.05) is 5.16 Å². The highest BCUT2D eigenvalue weighted by Gasteiger charge is 2.30. The van der Waals surface area contributed by atoms with E-state index in [2.05, 4.69) is 5.16 Å². The minimum absolute atomic E-state index is 0.0138. The number of hydrogen-bond donors (Lipinski definition) is 1. The van der Waals surface area contributed by atoms with Gasteiger partial charge in [0.1, 0.15) is 0 Å². The lowest BCUT2D eigenvalue weighted by molar-refractivity contribution is 0.0636. The van der Waals surface area contributed by atoms with Crippen LogP contribution in [0.15, 0.2) is 16.8 Å². The summed E-state index contributed by atoms with van der Waals surface area (Å²) in [6.45, 7) is 0.699. The first-order chi connectivity index (χ1) is 6.83. The molecule has 1 amide bonds. The Morgan fingerprint density at radius 2 is 2.64 bits per heavy atom. The fourth-order valence-corrected chi connectivity index (χ4v) is 1.76. The van der Waals surface area contributed by atoms with E-state index < -0.39 is 0 Å². The van der Waals surface area contributed by atoms with Crippen LogP contribution in [0.25, 0.3) is 0 Å². The number of aliphatic hydroxyl groups is 1. The Bertz CT molecular complexity index is 310. The van der Waals surface area contributed by atoms with Gasteiger partial charge in [-0.3, -0.25) is 4.79 Å². The molecule has 14 heavy (non-hydrogen) atoms. The van der Waals surface area contributed by atoms with Crippen molar-refractivity contribution in [3.05, 3.63) is 18.0 Å². The number of likely N-dealkylation sites (tertiary alicyclic amines) is 1. The maximum Gasteiger partial charge on any atom is 0.292 e. The molecule has 5 heteroatoms. The highest BCUT2D eigenvalue weighted by atomic mass is 16.5. The molecule has 0 saturated carbocycles. The smallest absolute Gasteiger partial charge is 0.292 e. The van der Waals surface area contributed by atoms with Crippen molar-refractivity contribution in [2.45, 2.75) is 18.9 Å². The third kappa shape index (κ3) is 1.50. The van der Waals surface area contributed by atoms with Gasteiger partial charge >= 0.3 is 0 Å². The SMILES string of the molecule is O=C(c1ccno1)N1CCC[C@H]1CO. The van der Waals surface area contributed by atoms with Gasteiger partial charge in [0.25, 0.3) is 5.91 Å². The fourth-order valence-electron chi connectivity index (χ4n) is 1.76. The van der Waals surface area contributed by atoms with E-state index in [1.165, 1.54) is 12.3 Å². The molecule has 1 aliphatic rings. The van der Waals surface area contributed by atoms with Crippen molar-refractivity contribution in [3.63, 3.8) is 0 Å². The number of amides is 1. The Balaban J connectivity index is 2.11. The van der Waals surface area contributed by atoms with Crippen molar-refractivity contribution in [2.24, 2.45) is 0 Å². The molecule has 1 atom stereocenters. The number of aromatic nitrogens is 1. The molecule has 0 aromatic carbocycles. The Labute approximate surface area is 81.3 Å². The number of hydrogen-bond acceptors (Lipinski definition) is 4. The largest absolute Gasteiger partial charge is 0.394 e. The zero-order chi connectivity index (χ0) is 9.97. The Hall–Kier alpha value is -1.36. The predicted molar refractivity (Wildman–Crippen MR) is 47.6 cm³/mol. The second kappa shape index (κ2) is 3.79. The van der Waals surface area contributed by atoms with Crippen molar-refractivity contribution < 1.29 is 14.4 Å². The van der Waals surface area contributed by atoms with Gasteiger partial charge in [0.05, 0.1) is 18.8 Å². The van der Waals surface area contributed by atoms with Crippen molar-refractivity contribution in [1.82, 2.24) is 10.1 Å². The number of carbonyl (C=O) groups is 1. The van der Waals surface area contributed by atoms with Gasteiger partial charge in [0.2, 0.25) is 5.76 Å². The molecule has 1 saturated heterocycles.